The van der Waals surface area contributed by atoms with E-state index < -0.39 is 24.0 Å². The molecule has 92 valence electrons. The van der Waals surface area contributed by atoms with E-state index in [1.165, 1.54) is 7.11 Å². The van der Waals surface area contributed by atoms with Gasteiger partial charge in [0.2, 0.25) is 0 Å². The first-order chi connectivity index (χ1) is 8.11. The average Bonchev–Trinajstić information content (AvgIpc) is 2.38. The number of aliphatic hydroxyl groups is 1. The van der Waals surface area contributed by atoms with Gasteiger partial charge in [0.15, 0.2) is 6.10 Å². The minimum Gasteiger partial charge on any atom is -0.468 e. The van der Waals surface area contributed by atoms with Gasteiger partial charge in [0.05, 0.1) is 14.2 Å². The van der Waals surface area contributed by atoms with E-state index in [0.29, 0.717) is 5.56 Å². The van der Waals surface area contributed by atoms with Crippen LogP contribution in [0.15, 0.2) is 30.3 Å². The Morgan fingerprint density at radius 1 is 1.06 bits per heavy atom. The van der Waals surface area contributed by atoms with E-state index in [0.717, 1.165) is 7.11 Å². The molecule has 0 fully saturated rings. The molecule has 0 saturated heterocycles. The molecule has 0 aromatic heterocycles. The summed E-state index contributed by atoms with van der Waals surface area (Å²) in [6.45, 7) is 0. The molecule has 0 aliphatic heterocycles. The number of hydrogen-bond acceptors (Lipinski definition) is 5. The predicted octanol–water partition coefficient (Wildman–Crippen LogP) is 0.477. The smallest absolute Gasteiger partial charge is 0.335 e. The van der Waals surface area contributed by atoms with Crippen molar-refractivity contribution in [3.63, 3.8) is 0 Å². The normalized spacial score (nSPS) is 13.6. The number of esters is 2. The van der Waals surface area contributed by atoms with Crippen molar-refractivity contribution >= 4 is 11.9 Å². The molecule has 1 aromatic carbocycles. The number of methoxy groups -OCH3 is 2. The summed E-state index contributed by atoms with van der Waals surface area (Å²) < 4.78 is 8.99. The number of carbonyl (C=O) groups excluding carboxylic acids is 2. The third-order valence-electron chi connectivity index (χ3n) is 2.37. The number of rotatable bonds is 4. The molecular formula is C12H14O5. The van der Waals surface area contributed by atoms with Gasteiger partial charge in [-0.25, -0.2) is 4.79 Å². The van der Waals surface area contributed by atoms with Crippen LogP contribution in [0.25, 0.3) is 0 Å². The van der Waals surface area contributed by atoms with Crippen LogP contribution >= 0.6 is 0 Å². The van der Waals surface area contributed by atoms with Crippen LogP contribution in [0.5, 0.6) is 0 Å². The molecule has 0 amide bonds. The molecule has 0 radical (unpaired) electrons. The summed E-state index contributed by atoms with van der Waals surface area (Å²) in [4.78, 5) is 22.9. The number of benzene rings is 1. The molecule has 0 aliphatic rings. The van der Waals surface area contributed by atoms with Gasteiger partial charge < -0.3 is 14.6 Å². The second-order valence-corrected chi connectivity index (χ2v) is 3.38. The molecule has 1 N–H and O–H groups in total. The fraction of sp³-hybridized carbons (Fsp3) is 0.333. The molecule has 5 heteroatoms. The van der Waals surface area contributed by atoms with E-state index in [1.807, 2.05) is 0 Å². The summed E-state index contributed by atoms with van der Waals surface area (Å²) in [7, 11) is 2.34. The van der Waals surface area contributed by atoms with Crippen LogP contribution < -0.4 is 0 Å². The van der Waals surface area contributed by atoms with Gasteiger partial charge in [-0.3, -0.25) is 4.79 Å². The molecule has 0 aliphatic carbocycles. The summed E-state index contributed by atoms with van der Waals surface area (Å²) >= 11 is 0. The molecule has 1 rings (SSSR count). The van der Waals surface area contributed by atoms with Crippen molar-refractivity contribution in [3.8, 4) is 0 Å². The van der Waals surface area contributed by atoms with Gasteiger partial charge in [0.1, 0.15) is 5.92 Å². The number of aliphatic hydroxyl groups excluding tert-OH is 1. The third kappa shape index (κ3) is 3.04. The fourth-order valence-corrected chi connectivity index (χ4v) is 1.49. The molecule has 2 atom stereocenters. The summed E-state index contributed by atoms with van der Waals surface area (Å²) in [6.07, 6.45) is -1.57. The maximum absolute atomic E-state index is 11.6. The fourth-order valence-electron chi connectivity index (χ4n) is 1.49. The van der Waals surface area contributed by atoms with E-state index in [4.69, 9.17) is 0 Å². The topological polar surface area (TPSA) is 72.8 Å². The van der Waals surface area contributed by atoms with Gasteiger partial charge >= 0.3 is 11.9 Å². The first-order valence-corrected chi connectivity index (χ1v) is 5.00. The Kier molecular flexibility index (Phi) is 4.66. The van der Waals surface area contributed by atoms with Gasteiger partial charge in [-0.1, -0.05) is 30.3 Å². The van der Waals surface area contributed by atoms with Crippen LogP contribution in [0.1, 0.15) is 11.5 Å². The second-order valence-electron chi connectivity index (χ2n) is 3.38. The van der Waals surface area contributed by atoms with Crippen LogP contribution in [-0.2, 0) is 19.1 Å². The number of carbonyl (C=O) groups is 2. The van der Waals surface area contributed by atoms with Gasteiger partial charge in [-0.15, -0.1) is 0 Å². The summed E-state index contributed by atoms with van der Waals surface area (Å²) in [5.74, 6) is -2.63. The molecule has 17 heavy (non-hydrogen) atoms. The van der Waals surface area contributed by atoms with Crippen molar-refractivity contribution in [2.24, 2.45) is 0 Å². The molecule has 1 aromatic rings. The van der Waals surface area contributed by atoms with Crippen molar-refractivity contribution in [1.29, 1.82) is 0 Å². The van der Waals surface area contributed by atoms with Crippen LogP contribution in [0, 0.1) is 0 Å². The molecule has 0 bridgehead atoms. The highest BCUT2D eigenvalue weighted by Gasteiger charge is 2.35. The number of ether oxygens (including phenoxy) is 2. The highest BCUT2D eigenvalue weighted by atomic mass is 16.5. The minimum absolute atomic E-state index is 0.497. The van der Waals surface area contributed by atoms with E-state index in [1.54, 1.807) is 30.3 Å². The van der Waals surface area contributed by atoms with E-state index >= 15 is 0 Å². The molecule has 0 spiro atoms. The maximum Gasteiger partial charge on any atom is 0.335 e. The lowest BCUT2D eigenvalue weighted by Crippen LogP contribution is -2.34. The Morgan fingerprint density at radius 3 is 2.06 bits per heavy atom. The Morgan fingerprint density at radius 2 is 1.59 bits per heavy atom. The van der Waals surface area contributed by atoms with Crippen molar-refractivity contribution in [3.05, 3.63) is 35.9 Å². The quantitative estimate of drug-likeness (QED) is 0.772. The molecule has 5 nitrogen and oxygen atoms in total. The monoisotopic (exact) mass is 238 g/mol. The highest BCUT2D eigenvalue weighted by Crippen LogP contribution is 2.22. The standard InChI is InChI=1S/C12H14O5/c1-16-11(14)9(10(13)12(15)17-2)8-6-4-3-5-7-8/h3-7,9-10,13H,1-2H3. The SMILES string of the molecule is COC(=O)C(O)C(C(=O)OC)c1ccccc1. The van der Waals surface area contributed by atoms with Gasteiger partial charge in [-0.2, -0.15) is 0 Å². The lowest BCUT2D eigenvalue weighted by atomic mass is 9.93. The van der Waals surface area contributed by atoms with E-state index in [2.05, 4.69) is 9.47 Å². The molecule has 0 heterocycles. The predicted molar refractivity (Wildman–Crippen MR) is 59.2 cm³/mol. The Hall–Kier alpha value is -1.88. The third-order valence-corrected chi connectivity index (χ3v) is 2.37. The zero-order chi connectivity index (χ0) is 12.8. The molecule has 2 unspecified atom stereocenters. The van der Waals surface area contributed by atoms with Gasteiger partial charge in [0.25, 0.3) is 0 Å². The second kappa shape index (κ2) is 6.00. The maximum atomic E-state index is 11.6. The van der Waals surface area contributed by atoms with Gasteiger partial charge in [0, 0.05) is 0 Å². The summed E-state index contributed by atoms with van der Waals surface area (Å²) in [6, 6.07) is 8.44. The lowest BCUT2D eigenvalue weighted by Gasteiger charge is -2.19. The first-order valence-electron chi connectivity index (χ1n) is 5.00. The Bertz CT molecular complexity index is 387. The minimum atomic E-state index is -1.57. The first kappa shape index (κ1) is 13.2. The van der Waals surface area contributed by atoms with Crippen LogP contribution in [0.4, 0.5) is 0 Å². The summed E-state index contributed by atoms with van der Waals surface area (Å²) in [5.41, 5.74) is 0.497. The summed E-state index contributed by atoms with van der Waals surface area (Å²) in [5, 5.41) is 9.76. The average molecular weight is 238 g/mol. The number of hydrogen-bond donors (Lipinski definition) is 1. The van der Waals surface area contributed by atoms with Crippen molar-refractivity contribution < 1.29 is 24.2 Å². The highest BCUT2D eigenvalue weighted by molar-refractivity contribution is 5.87. The van der Waals surface area contributed by atoms with Crippen LogP contribution in [-0.4, -0.2) is 37.4 Å². The van der Waals surface area contributed by atoms with Crippen LogP contribution in [0.3, 0.4) is 0 Å². The van der Waals surface area contributed by atoms with E-state index in [9.17, 15) is 14.7 Å². The largest absolute Gasteiger partial charge is 0.468 e. The lowest BCUT2D eigenvalue weighted by molar-refractivity contribution is -0.159. The zero-order valence-electron chi connectivity index (χ0n) is 9.62. The Balaban J connectivity index is 3.05. The van der Waals surface area contributed by atoms with Crippen molar-refractivity contribution in [2.75, 3.05) is 14.2 Å². The zero-order valence-corrected chi connectivity index (χ0v) is 9.62. The Labute approximate surface area is 99.0 Å². The van der Waals surface area contributed by atoms with E-state index in [-0.39, 0.29) is 0 Å². The molecular weight excluding hydrogens is 224 g/mol. The van der Waals surface area contributed by atoms with Crippen molar-refractivity contribution in [2.45, 2.75) is 12.0 Å². The molecule has 0 saturated carbocycles. The van der Waals surface area contributed by atoms with Gasteiger partial charge in [-0.05, 0) is 5.56 Å². The van der Waals surface area contributed by atoms with Crippen molar-refractivity contribution in [1.82, 2.24) is 0 Å². The van der Waals surface area contributed by atoms with Crippen LogP contribution in [0.2, 0.25) is 0 Å².